The summed E-state index contributed by atoms with van der Waals surface area (Å²) >= 11 is 0. The van der Waals surface area contributed by atoms with Gasteiger partial charge in [-0.2, -0.15) is 23.4 Å². The second-order valence-corrected chi connectivity index (χ2v) is 10.2. The molecule has 37 heavy (non-hydrogen) atoms. The minimum absolute atomic E-state index is 0.108. The van der Waals surface area contributed by atoms with Gasteiger partial charge in [-0.3, -0.25) is 5.10 Å². The summed E-state index contributed by atoms with van der Waals surface area (Å²) in [6.07, 6.45) is -3.18. The maximum Gasteiger partial charge on any atom is 0.434 e. The molecule has 4 fully saturated rings. The lowest BCUT2D eigenvalue weighted by atomic mass is 9.50. The van der Waals surface area contributed by atoms with Crippen LogP contribution in [0.1, 0.15) is 55.1 Å². The standard InChI is InChI=1S/C23H25F4N7O3/c1-36-10-12-4-15-20(28-17(23(25,26)27)9-34(15)33-12)29-18-5-14(31-32-18)13-2-3-16(19(13)24)37-21(35)30-22-6-11(7-22)8-22/h4-5,9,11,13,16,19H,2-3,6-8,10H2,1H3,(H,30,35)(H2,28,29,31,32)/t11?,13-,16-,19-,22?/m0/s1. The van der Waals surface area contributed by atoms with E-state index in [0.717, 1.165) is 30.0 Å². The number of hydrogen-bond donors (Lipinski definition) is 3. The van der Waals surface area contributed by atoms with Crippen molar-refractivity contribution in [2.24, 2.45) is 5.92 Å². The number of hydrogen-bond acceptors (Lipinski definition) is 7. The number of anilines is 2. The van der Waals surface area contributed by atoms with Gasteiger partial charge >= 0.3 is 12.3 Å². The van der Waals surface area contributed by atoms with Gasteiger partial charge in [0.25, 0.3) is 0 Å². The average Bonchev–Trinajstić information content (AvgIpc) is 3.49. The van der Waals surface area contributed by atoms with Gasteiger partial charge in [0.15, 0.2) is 17.3 Å². The molecule has 10 nitrogen and oxygen atoms in total. The van der Waals surface area contributed by atoms with Crippen LogP contribution >= 0.6 is 0 Å². The maximum atomic E-state index is 15.2. The van der Waals surface area contributed by atoms with Gasteiger partial charge < -0.3 is 20.1 Å². The quantitative estimate of drug-likeness (QED) is 0.397. The monoisotopic (exact) mass is 523 g/mol. The van der Waals surface area contributed by atoms with Crippen LogP contribution in [0.3, 0.4) is 0 Å². The number of amides is 1. The molecule has 4 saturated carbocycles. The SMILES string of the molecule is COCc1cc2c(Nc3cc([C@@H]4CC[C@H](OC(=O)NC56CC(C5)C6)[C@H]4F)[nH]n3)nc(C(F)(F)F)cn2n1. The highest BCUT2D eigenvalue weighted by atomic mass is 19.4. The number of aromatic nitrogens is 5. The molecule has 0 unspecified atom stereocenters. The van der Waals surface area contributed by atoms with Crippen molar-refractivity contribution < 1.29 is 31.8 Å². The number of H-pyrrole nitrogens is 1. The van der Waals surface area contributed by atoms with Crippen molar-refractivity contribution in [2.75, 3.05) is 12.4 Å². The molecule has 198 valence electrons. The van der Waals surface area contributed by atoms with Gasteiger partial charge in [-0.1, -0.05) is 0 Å². The van der Waals surface area contributed by atoms with Gasteiger partial charge in [0.1, 0.15) is 17.8 Å². The number of alkyl halides is 4. The second kappa shape index (κ2) is 8.57. The van der Waals surface area contributed by atoms with E-state index in [2.05, 4.69) is 30.9 Å². The third-order valence-corrected chi connectivity index (χ3v) is 7.50. The molecule has 4 aliphatic carbocycles. The Morgan fingerprint density at radius 1 is 1.27 bits per heavy atom. The number of methoxy groups -OCH3 is 1. The highest BCUT2D eigenvalue weighted by Crippen LogP contribution is 2.57. The molecule has 0 aromatic carbocycles. The molecule has 7 rings (SSSR count). The summed E-state index contributed by atoms with van der Waals surface area (Å²) in [6, 6.07) is 3.08. The van der Waals surface area contributed by atoms with Gasteiger partial charge in [-0.25, -0.2) is 18.7 Å². The van der Waals surface area contributed by atoms with E-state index in [4.69, 9.17) is 9.47 Å². The van der Waals surface area contributed by atoms with Crippen LogP contribution in [0.4, 0.5) is 34.0 Å². The Bertz CT molecular complexity index is 1320. The molecule has 3 aromatic heterocycles. The molecule has 2 bridgehead atoms. The summed E-state index contributed by atoms with van der Waals surface area (Å²) in [5.41, 5.74) is -0.139. The Labute approximate surface area is 208 Å². The fourth-order valence-corrected chi connectivity index (χ4v) is 5.59. The van der Waals surface area contributed by atoms with E-state index < -0.39 is 36.2 Å². The molecule has 0 radical (unpaired) electrons. The zero-order valence-corrected chi connectivity index (χ0v) is 19.8. The van der Waals surface area contributed by atoms with Crippen molar-refractivity contribution in [3.63, 3.8) is 0 Å². The summed E-state index contributed by atoms with van der Waals surface area (Å²) in [7, 11) is 1.45. The van der Waals surface area contributed by atoms with Crippen molar-refractivity contribution in [2.45, 2.75) is 68.6 Å². The normalized spacial score (nSPS) is 28.6. The molecule has 0 aliphatic heterocycles. The zero-order chi connectivity index (χ0) is 25.9. The number of aromatic amines is 1. The van der Waals surface area contributed by atoms with E-state index in [1.54, 1.807) is 6.07 Å². The number of rotatable bonds is 7. The van der Waals surface area contributed by atoms with Crippen LogP contribution in [0.2, 0.25) is 0 Å². The Balaban J connectivity index is 1.16. The predicted molar refractivity (Wildman–Crippen MR) is 121 cm³/mol. The Hall–Kier alpha value is -3.42. The Morgan fingerprint density at radius 2 is 2.05 bits per heavy atom. The summed E-state index contributed by atoms with van der Waals surface area (Å²) in [5.74, 6) is 0.138. The number of nitrogens with zero attached hydrogens (tertiary/aromatic N) is 4. The molecule has 4 aliphatic rings. The number of carbonyl (C=O) groups is 1. The maximum absolute atomic E-state index is 15.2. The summed E-state index contributed by atoms with van der Waals surface area (Å²) < 4.78 is 67.0. The second-order valence-electron chi connectivity index (χ2n) is 10.2. The Morgan fingerprint density at radius 3 is 2.73 bits per heavy atom. The minimum Gasteiger partial charge on any atom is -0.443 e. The van der Waals surface area contributed by atoms with Crippen LogP contribution in [-0.4, -0.2) is 55.8 Å². The molecule has 0 spiro atoms. The molecule has 0 saturated heterocycles. The predicted octanol–water partition coefficient (Wildman–Crippen LogP) is 4.22. The summed E-state index contributed by atoms with van der Waals surface area (Å²) in [4.78, 5) is 16.0. The third kappa shape index (κ3) is 4.36. The topological polar surface area (TPSA) is 118 Å². The van der Waals surface area contributed by atoms with Crippen molar-refractivity contribution in [1.82, 2.24) is 30.1 Å². The van der Waals surface area contributed by atoms with Crippen LogP contribution < -0.4 is 10.6 Å². The highest BCUT2D eigenvalue weighted by molar-refractivity contribution is 5.73. The fraction of sp³-hybridized carbons (Fsp3) is 0.565. The van der Waals surface area contributed by atoms with Crippen LogP contribution in [0.15, 0.2) is 18.3 Å². The first kappa shape index (κ1) is 23.9. The fourth-order valence-electron chi connectivity index (χ4n) is 5.59. The number of halogens is 4. The number of ether oxygens (including phenoxy) is 2. The first-order chi connectivity index (χ1) is 17.6. The molecule has 3 atom stereocenters. The van der Waals surface area contributed by atoms with Crippen molar-refractivity contribution in [3.8, 4) is 0 Å². The zero-order valence-electron chi connectivity index (χ0n) is 19.8. The van der Waals surface area contributed by atoms with Crippen molar-refractivity contribution in [1.29, 1.82) is 0 Å². The average molecular weight is 523 g/mol. The smallest absolute Gasteiger partial charge is 0.434 e. The van der Waals surface area contributed by atoms with Gasteiger partial charge in [-0.15, -0.1) is 0 Å². The van der Waals surface area contributed by atoms with Crippen molar-refractivity contribution in [3.05, 3.63) is 35.4 Å². The van der Waals surface area contributed by atoms with E-state index >= 15 is 4.39 Å². The molecule has 1 amide bonds. The van der Waals surface area contributed by atoms with E-state index in [-0.39, 0.29) is 29.3 Å². The lowest BCUT2D eigenvalue weighted by Crippen LogP contribution is -2.68. The molecule has 3 aromatic rings. The first-order valence-corrected chi connectivity index (χ1v) is 12.0. The molecule has 3 heterocycles. The number of carbonyl (C=O) groups excluding carboxylic acids is 1. The van der Waals surface area contributed by atoms with Gasteiger partial charge in [0, 0.05) is 30.3 Å². The van der Waals surface area contributed by atoms with Crippen LogP contribution in [0, 0.1) is 5.92 Å². The third-order valence-electron chi connectivity index (χ3n) is 7.50. The largest absolute Gasteiger partial charge is 0.443 e. The number of fused-ring (bicyclic) bond motifs is 1. The Kier molecular flexibility index (Phi) is 5.55. The van der Waals surface area contributed by atoms with Gasteiger partial charge in [0.2, 0.25) is 0 Å². The van der Waals surface area contributed by atoms with E-state index in [0.29, 0.717) is 30.1 Å². The summed E-state index contributed by atoms with van der Waals surface area (Å²) in [5, 5.41) is 16.6. The number of alkyl carbamates (subject to hydrolysis) is 1. The summed E-state index contributed by atoms with van der Waals surface area (Å²) in [6.45, 7) is 0.108. The van der Waals surface area contributed by atoms with E-state index in [1.165, 1.54) is 13.2 Å². The van der Waals surface area contributed by atoms with E-state index in [9.17, 15) is 18.0 Å². The van der Waals surface area contributed by atoms with E-state index in [1.807, 2.05) is 0 Å². The van der Waals surface area contributed by atoms with Gasteiger partial charge in [-0.05, 0) is 44.1 Å². The highest BCUT2D eigenvalue weighted by Gasteiger charge is 2.58. The lowest BCUT2D eigenvalue weighted by molar-refractivity contribution is -0.141. The van der Waals surface area contributed by atoms with Crippen LogP contribution in [0.5, 0.6) is 0 Å². The molecular weight excluding hydrogens is 498 g/mol. The van der Waals surface area contributed by atoms with Gasteiger partial charge in [0.05, 0.1) is 18.5 Å². The van der Waals surface area contributed by atoms with Crippen LogP contribution in [0.25, 0.3) is 5.52 Å². The van der Waals surface area contributed by atoms with Crippen LogP contribution in [-0.2, 0) is 22.3 Å². The molecular formula is C23H25F4N7O3. The number of nitrogens with one attached hydrogen (secondary N) is 3. The first-order valence-electron chi connectivity index (χ1n) is 12.0. The molecule has 3 N–H and O–H groups in total. The van der Waals surface area contributed by atoms with Crippen molar-refractivity contribution >= 4 is 23.2 Å². The minimum atomic E-state index is -4.69. The molecule has 14 heteroatoms. The lowest BCUT2D eigenvalue weighted by Gasteiger charge is -2.61.